The third-order valence-electron chi connectivity index (χ3n) is 2.91. The van der Waals surface area contributed by atoms with Gasteiger partial charge in [0, 0.05) is 25.2 Å². The minimum atomic E-state index is -0.237. The quantitative estimate of drug-likeness (QED) is 0.855. The van der Waals surface area contributed by atoms with E-state index in [4.69, 9.17) is 4.74 Å². The van der Waals surface area contributed by atoms with E-state index in [2.05, 4.69) is 15.7 Å². The average Bonchev–Trinajstić information content (AvgIpc) is 2.94. The Morgan fingerprint density at radius 1 is 1.38 bits per heavy atom. The zero-order valence-corrected chi connectivity index (χ0v) is 12.2. The van der Waals surface area contributed by atoms with E-state index in [0.29, 0.717) is 13.2 Å². The van der Waals surface area contributed by atoms with Gasteiger partial charge in [-0.3, -0.25) is 4.68 Å². The summed E-state index contributed by atoms with van der Waals surface area (Å²) >= 11 is 0. The van der Waals surface area contributed by atoms with Crippen LogP contribution in [0, 0.1) is 0 Å². The van der Waals surface area contributed by atoms with Crippen LogP contribution in [-0.4, -0.2) is 35.6 Å². The molecule has 0 bridgehead atoms. The summed E-state index contributed by atoms with van der Waals surface area (Å²) in [5.74, 6) is 0. The Morgan fingerprint density at radius 3 is 2.76 bits per heavy atom. The minimum Gasteiger partial charge on any atom is -0.383 e. The Balaban J connectivity index is 1.86. The first kappa shape index (κ1) is 15.1. The van der Waals surface area contributed by atoms with E-state index >= 15 is 0 Å². The van der Waals surface area contributed by atoms with E-state index in [1.54, 1.807) is 13.3 Å². The number of carbonyl (C=O) groups is 1. The highest BCUT2D eigenvalue weighted by Gasteiger charge is 2.06. The first-order valence-corrected chi connectivity index (χ1v) is 6.80. The van der Waals surface area contributed by atoms with Crippen LogP contribution in [0.2, 0.25) is 0 Å². The number of urea groups is 1. The Labute approximate surface area is 124 Å². The Hall–Kier alpha value is -2.34. The fraction of sp³-hybridized carbons (Fsp3) is 0.333. The number of nitrogens with zero attached hydrogens (tertiary/aromatic N) is 2. The van der Waals surface area contributed by atoms with Gasteiger partial charge in [-0.15, -0.1) is 0 Å². The highest BCUT2D eigenvalue weighted by molar-refractivity contribution is 5.89. The lowest BCUT2D eigenvalue weighted by Gasteiger charge is -2.13. The lowest BCUT2D eigenvalue weighted by Crippen LogP contribution is -2.38. The van der Waals surface area contributed by atoms with Gasteiger partial charge in [0.2, 0.25) is 0 Å². The number of benzene rings is 1. The molecule has 6 nitrogen and oxygen atoms in total. The van der Waals surface area contributed by atoms with E-state index < -0.39 is 0 Å². The van der Waals surface area contributed by atoms with Crippen LogP contribution in [0.25, 0.3) is 0 Å². The van der Waals surface area contributed by atoms with Gasteiger partial charge in [0.1, 0.15) is 0 Å². The molecule has 1 atom stereocenters. The number of ether oxygens (including phenoxy) is 1. The number of amides is 2. The SMILES string of the molecule is COCC(C)NC(=O)Nc1ccc(Cn2cccn2)cc1. The zero-order valence-electron chi connectivity index (χ0n) is 12.2. The zero-order chi connectivity index (χ0) is 15.1. The van der Waals surface area contributed by atoms with Crippen molar-refractivity contribution in [3.63, 3.8) is 0 Å². The Kier molecular flexibility index (Phi) is 5.34. The first-order valence-electron chi connectivity index (χ1n) is 6.80. The number of hydrogen-bond acceptors (Lipinski definition) is 3. The lowest BCUT2D eigenvalue weighted by molar-refractivity contribution is 0.173. The summed E-state index contributed by atoms with van der Waals surface area (Å²) in [5, 5.41) is 9.74. The Morgan fingerprint density at radius 2 is 2.14 bits per heavy atom. The van der Waals surface area contributed by atoms with Crippen LogP contribution in [0.3, 0.4) is 0 Å². The van der Waals surface area contributed by atoms with Gasteiger partial charge < -0.3 is 15.4 Å². The van der Waals surface area contributed by atoms with Crippen molar-refractivity contribution < 1.29 is 9.53 Å². The van der Waals surface area contributed by atoms with E-state index in [9.17, 15) is 4.79 Å². The van der Waals surface area contributed by atoms with E-state index in [1.165, 1.54) is 0 Å². The van der Waals surface area contributed by atoms with Gasteiger partial charge >= 0.3 is 6.03 Å². The van der Waals surface area contributed by atoms with Gasteiger partial charge in [-0.2, -0.15) is 5.10 Å². The fourth-order valence-electron chi connectivity index (χ4n) is 1.96. The van der Waals surface area contributed by atoms with Gasteiger partial charge in [0.05, 0.1) is 19.2 Å². The van der Waals surface area contributed by atoms with E-state index in [-0.39, 0.29) is 12.1 Å². The summed E-state index contributed by atoms with van der Waals surface area (Å²) in [5.41, 5.74) is 1.87. The summed E-state index contributed by atoms with van der Waals surface area (Å²) in [6.07, 6.45) is 3.66. The van der Waals surface area contributed by atoms with Gasteiger partial charge in [0.25, 0.3) is 0 Å². The topological polar surface area (TPSA) is 68.2 Å². The van der Waals surface area contributed by atoms with Gasteiger partial charge in [-0.1, -0.05) is 12.1 Å². The second-order valence-electron chi connectivity index (χ2n) is 4.86. The van der Waals surface area contributed by atoms with Crippen LogP contribution >= 0.6 is 0 Å². The number of methoxy groups -OCH3 is 1. The van der Waals surface area contributed by atoms with Crippen LogP contribution in [0.5, 0.6) is 0 Å². The molecule has 21 heavy (non-hydrogen) atoms. The molecule has 1 heterocycles. The molecule has 0 radical (unpaired) electrons. The number of rotatable bonds is 6. The third-order valence-corrected chi connectivity index (χ3v) is 2.91. The van der Waals surface area contributed by atoms with Crippen LogP contribution in [0.15, 0.2) is 42.7 Å². The smallest absolute Gasteiger partial charge is 0.319 e. The average molecular weight is 288 g/mol. The maximum absolute atomic E-state index is 11.7. The largest absolute Gasteiger partial charge is 0.383 e. The molecule has 0 spiro atoms. The van der Waals surface area contributed by atoms with Crippen LogP contribution < -0.4 is 10.6 Å². The van der Waals surface area contributed by atoms with Crippen molar-refractivity contribution in [3.8, 4) is 0 Å². The van der Waals surface area contributed by atoms with Crippen LogP contribution in [0.4, 0.5) is 10.5 Å². The molecule has 2 amide bonds. The van der Waals surface area contributed by atoms with Gasteiger partial charge in [-0.05, 0) is 30.7 Å². The van der Waals surface area contributed by atoms with Crippen molar-refractivity contribution in [3.05, 3.63) is 48.3 Å². The summed E-state index contributed by atoms with van der Waals surface area (Å²) < 4.78 is 6.82. The van der Waals surface area contributed by atoms with Crippen molar-refractivity contribution >= 4 is 11.7 Å². The summed E-state index contributed by atoms with van der Waals surface area (Å²) in [4.78, 5) is 11.7. The molecule has 1 aromatic carbocycles. The fourth-order valence-corrected chi connectivity index (χ4v) is 1.96. The molecule has 6 heteroatoms. The predicted octanol–water partition coefficient (Wildman–Crippen LogP) is 2.09. The molecular formula is C15H20N4O2. The molecule has 0 aliphatic heterocycles. The number of hydrogen-bond donors (Lipinski definition) is 2. The number of aromatic nitrogens is 2. The maximum Gasteiger partial charge on any atom is 0.319 e. The molecule has 0 fully saturated rings. The van der Waals surface area contributed by atoms with Crippen molar-refractivity contribution in [2.45, 2.75) is 19.5 Å². The van der Waals surface area contributed by atoms with Crippen molar-refractivity contribution in [1.82, 2.24) is 15.1 Å². The normalized spacial score (nSPS) is 11.9. The standard InChI is InChI=1S/C15H20N4O2/c1-12(11-21-2)17-15(20)18-14-6-4-13(5-7-14)10-19-9-3-8-16-19/h3-9,12H,10-11H2,1-2H3,(H2,17,18,20). The highest BCUT2D eigenvalue weighted by atomic mass is 16.5. The van der Waals surface area contributed by atoms with Crippen LogP contribution in [-0.2, 0) is 11.3 Å². The number of anilines is 1. The van der Waals surface area contributed by atoms with E-state index in [1.807, 2.05) is 48.1 Å². The molecule has 0 saturated heterocycles. The minimum absolute atomic E-state index is 0.0333. The first-order chi connectivity index (χ1) is 10.2. The highest BCUT2D eigenvalue weighted by Crippen LogP contribution is 2.10. The molecule has 112 valence electrons. The monoisotopic (exact) mass is 288 g/mol. The van der Waals surface area contributed by atoms with Crippen molar-refractivity contribution in [2.75, 3.05) is 19.0 Å². The summed E-state index contributed by atoms with van der Waals surface area (Å²) in [6.45, 7) is 3.08. The molecule has 2 N–H and O–H groups in total. The molecule has 0 aliphatic rings. The lowest BCUT2D eigenvalue weighted by atomic mass is 10.2. The molecule has 1 aromatic heterocycles. The van der Waals surface area contributed by atoms with Crippen molar-refractivity contribution in [1.29, 1.82) is 0 Å². The third kappa shape index (κ3) is 4.92. The maximum atomic E-state index is 11.7. The summed E-state index contributed by atoms with van der Waals surface area (Å²) in [7, 11) is 1.61. The molecular weight excluding hydrogens is 268 g/mol. The second-order valence-corrected chi connectivity index (χ2v) is 4.86. The van der Waals surface area contributed by atoms with E-state index in [0.717, 1.165) is 11.3 Å². The van der Waals surface area contributed by atoms with Gasteiger partial charge in [-0.25, -0.2) is 4.79 Å². The Bertz CT molecular complexity index is 552. The molecule has 2 rings (SSSR count). The van der Waals surface area contributed by atoms with Crippen molar-refractivity contribution in [2.24, 2.45) is 0 Å². The molecule has 2 aromatic rings. The second kappa shape index (κ2) is 7.44. The molecule has 1 unspecified atom stereocenters. The number of nitrogens with one attached hydrogen (secondary N) is 2. The summed E-state index contributed by atoms with van der Waals surface area (Å²) in [6, 6.07) is 9.31. The number of carbonyl (C=O) groups excluding carboxylic acids is 1. The van der Waals surface area contributed by atoms with Crippen LogP contribution in [0.1, 0.15) is 12.5 Å². The predicted molar refractivity (Wildman–Crippen MR) is 81.3 cm³/mol. The van der Waals surface area contributed by atoms with Gasteiger partial charge in [0.15, 0.2) is 0 Å². The molecule has 0 aliphatic carbocycles. The molecule has 0 saturated carbocycles.